The summed E-state index contributed by atoms with van der Waals surface area (Å²) in [5.41, 5.74) is 12.5. The lowest BCUT2D eigenvalue weighted by Crippen LogP contribution is -1.89. The Morgan fingerprint density at radius 2 is 1.65 bits per heavy atom. The summed E-state index contributed by atoms with van der Waals surface area (Å²) in [6, 6.07) is 19.7. The molecule has 0 saturated carbocycles. The number of aromatic amines is 1. The van der Waals surface area contributed by atoms with Gasteiger partial charge >= 0.3 is 0 Å². The number of benzene rings is 2. The van der Waals surface area contributed by atoms with Crippen LogP contribution in [0.1, 0.15) is 5.69 Å². The number of ether oxygens (including phenoxy) is 1. The molecule has 0 radical (unpaired) electrons. The van der Waals surface area contributed by atoms with Gasteiger partial charge in [-0.2, -0.15) is 0 Å². The van der Waals surface area contributed by atoms with Crippen molar-refractivity contribution in [2.45, 2.75) is 6.92 Å². The molecule has 2 aromatic carbocycles. The third-order valence-corrected chi connectivity index (χ3v) is 4.35. The second kappa shape index (κ2) is 6.44. The standard InChI is InChI=1S/C21H19N3O2/c1-13-12-17(26-24-13)18-19(22)21(14-6-4-3-5-7-14)23-20(18)15-8-10-16(25-2)11-9-15/h3-12,23H,22H2,1-2H3. The average molecular weight is 345 g/mol. The zero-order valence-corrected chi connectivity index (χ0v) is 14.6. The van der Waals surface area contributed by atoms with Gasteiger partial charge in [-0.3, -0.25) is 0 Å². The fourth-order valence-electron chi connectivity index (χ4n) is 3.06. The van der Waals surface area contributed by atoms with Crippen LogP contribution in [-0.4, -0.2) is 17.3 Å². The summed E-state index contributed by atoms with van der Waals surface area (Å²) in [5, 5.41) is 4.01. The van der Waals surface area contributed by atoms with Gasteiger partial charge in [0, 0.05) is 11.6 Å². The maximum atomic E-state index is 6.53. The highest BCUT2D eigenvalue weighted by atomic mass is 16.5. The lowest BCUT2D eigenvalue weighted by atomic mass is 10.0. The Morgan fingerprint density at radius 1 is 0.962 bits per heavy atom. The number of H-pyrrole nitrogens is 1. The van der Waals surface area contributed by atoms with Crippen molar-refractivity contribution in [1.29, 1.82) is 0 Å². The SMILES string of the molecule is COc1ccc(-c2[nH]c(-c3ccccc3)c(N)c2-c2cc(C)no2)cc1. The molecule has 0 aliphatic carbocycles. The van der Waals surface area contributed by atoms with E-state index >= 15 is 0 Å². The van der Waals surface area contributed by atoms with Crippen LogP contribution in [-0.2, 0) is 0 Å². The molecule has 4 rings (SSSR count). The number of hydrogen-bond donors (Lipinski definition) is 2. The highest BCUT2D eigenvalue weighted by Gasteiger charge is 2.22. The van der Waals surface area contributed by atoms with Gasteiger partial charge in [0.15, 0.2) is 5.76 Å². The monoisotopic (exact) mass is 345 g/mol. The largest absolute Gasteiger partial charge is 0.497 e. The fraction of sp³-hybridized carbons (Fsp3) is 0.0952. The molecule has 0 atom stereocenters. The summed E-state index contributed by atoms with van der Waals surface area (Å²) in [6.45, 7) is 1.89. The first kappa shape index (κ1) is 16.0. The van der Waals surface area contributed by atoms with E-state index in [-0.39, 0.29) is 0 Å². The van der Waals surface area contributed by atoms with Gasteiger partial charge in [0.1, 0.15) is 5.75 Å². The lowest BCUT2D eigenvalue weighted by molar-refractivity contribution is 0.415. The molecule has 2 heterocycles. The second-order valence-corrected chi connectivity index (χ2v) is 6.09. The van der Waals surface area contributed by atoms with Crippen molar-refractivity contribution in [2.75, 3.05) is 12.8 Å². The summed E-state index contributed by atoms with van der Waals surface area (Å²) in [5.74, 6) is 1.44. The zero-order chi connectivity index (χ0) is 18.1. The number of aryl methyl sites for hydroxylation is 1. The lowest BCUT2D eigenvalue weighted by Gasteiger charge is -2.04. The average Bonchev–Trinajstić information content (AvgIpc) is 3.25. The van der Waals surface area contributed by atoms with Crippen LogP contribution >= 0.6 is 0 Å². The number of hydrogen-bond acceptors (Lipinski definition) is 4. The smallest absolute Gasteiger partial charge is 0.171 e. The van der Waals surface area contributed by atoms with E-state index in [0.29, 0.717) is 11.4 Å². The predicted molar refractivity (Wildman–Crippen MR) is 103 cm³/mol. The van der Waals surface area contributed by atoms with Crippen LogP contribution in [0.25, 0.3) is 33.8 Å². The molecule has 0 amide bonds. The van der Waals surface area contributed by atoms with Crippen molar-refractivity contribution in [2.24, 2.45) is 0 Å². The van der Waals surface area contributed by atoms with E-state index in [4.69, 9.17) is 15.0 Å². The molecule has 0 saturated heterocycles. The summed E-state index contributed by atoms with van der Waals surface area (Å²) < 4.78 is 10.8. The Morgan fingerprint density at radius 3 is 2.27 bits per heavy atom. The molecule has 0 aliphatic heterocycles. The number of aromatic nitrogens is 2. The Balaban J connectivity index is 1.93. The van der Waals surface area contributed by atoms with Gasteiger partial charge in [0.2, 0.25) is 0 Å². The number of anilines is 1. The summed E-state index contributed by atoms with van der Waals surface area (Å²) in [4.78, 5) is 3.47. The molecular weight excluding hydrogens is 326 g/mol. The number of nitrogens with one attached hydrogen (secondary N) is 1. The highest BCUT2D eigenvalue weighted by molar-refractivity contribution is 5.96. The van der Waals surface area contributed by atoms with Gasteiger partial charge in [-0.15, -0.1) is 0 Å². The van der Waals surface area contributed by atoms with Crippen LogP contribution < -0.4 is 10.5 Å². The highest BCUT2D eigenvalue weighted by Crippen LogP contribution is 2.42. The first-order chi connectivity index (χ1) is 12.7. The van der Waals surface area contributed by atoms with Crippen LogP contribution in [0.15, 0.2) is 65.2 Å². The van der Waals surface area contributed by atoms with Gasteiger partial charge < -0.3 is 20.0 Å². The molecular formula is C21H19N3O2. The third-order valence-electron chi connectivity index (χ3n) is 4.35. The van der Waals surface area contributed by atoms with Crippen LogP contribution in [0.3, 0.4) is 0 Å². The first-order valence-corrected chi connectivity index (χ1v) is 8.32. The van der Waals surface area contributed by atoms with Crippen molar-refractivity contribution in [3.05, 3.63) is 66.4 Å². The summed E-state index contributed by atoms with van der Waals surface area (Å²) in [7, 11) is 1.65. The Bertz CT molecular complexity index is 1030. The molecule has 3 N–H and O–H groups in total. The molecule has 0 bridgehead atoms. The van der Waals surface area contributed by atoms with E-state index in [0.717, 1.165) is 39.5 Å². The number of methoxy groups -OCH3 is 1. The van der Waals surface area contributed by atoms with E-state index in [1.54, 1.807) is 7.11 Å². The Labute approximate surface area is 151 Å². The topological polar surface area (TPSA) is 77.1 Å². The normalized spacial score (nSPS) is 10.8. The molecule has 5 nitrogen and oxygen atoms in total. The van der Waals surface area contributed by atoms with Crippen LogP contribution in [0, 0.1) is 6.92 Å². The fourth-order valence-corrected chi connectivity index (χ4v) is 3.06. The minimum atomic E-state index is 0.637. The summed E-state index contributed by atoms with van der Waals surface area (Å²) in [6.07, 6.45) is 0. The van der Waals surface area contributed by atoms with E-state index in [1.807, 2.05) is 67.6 Å². The quantitative estimate of drug-likeness (QED) is 0.551. The Hall–Kier alpha value is -3.47. The third kappa shape index (κ3) is 2.73. The number of rotatable bonds is 4. The molecule has 0 fully saturated rings. The van der Waals surface area contributed by atoms with Crippen LogP contribution in [0.2, 0.25) is 0 Å². The van der Waals surface area contributed by atoms with Gasteiger partial charge in [-0.1, -0.05) is 35.5 Å². The zero-order valence-electron chi connectivity index (χ0n) is 14.6. The first-order valence-electron chi connectivity index (χ1n) is 8.32. The number of nitrogens with two attached hydrogens (primary N) is 1. The van der Waals surface area contributed by atoms with Crippen LogP contribution in [0.5, 0.6) is 5.75 Å². The number of nitrogens with zero attached hydrogens (tertiary/aromatic N) is 1. The maximum Gasteiger partial charge on any atom is 0.171 e. The van der Waals surface area contributed by atoms with E-state index in [1.165, 1.54) is 0 Å². The van der Waals surface area contributed by atoms with Gasteiger partial charge in [0.05, 0.1) is 35.4 Å². The van der Waals surface area contributed by atoms with E-state index in [2.05, 4.69) is 10.1 Å². The molecule has 0 aliphatic rings. The molecule has 0 spiro atoms. The summed E-state index contributed by atoms with van der Waals surface area (Å²) >= 11 is 0. The molecule has 26 heavy (non-hydrogen) atoms. The molecule has 4 aromatic rings. The van der Waals surface area contributed by atoms with Gasteiger partial charge in [0.25, 0.3) is 0 Å². The minimum Gasteiger partial charge on any atom is -0.497 e. The minimum absolute atomic E-state index is 0.637. The molecule has 130 valence electrons. The van der Waals surface area contributed by atoms with Crippen molar-refractivity contribution >= 4 is 5.69 Å². The molecule has 2 aromatic heterocycles. The van der Waals surface area contributed by atoms with Gasteiger partial charge in [-0.25, -0.2) is 0 Å². The van der Waals surface area contributed by atoms with Crippen LogP contribution in [0.4, 0.5) is 5.69 Å². The van der Waals surface area contributed by atoms with Crippen molar-refractivity contribution in [1.82, 2.24) is 10.1 Å². The van der Waals surface area contributed by atoms with E-state index in [9.17, 15) is 0 Å². The van der Waals surface area contributed by atoms with Gasteiger partial charge in [-0.05, 0) is 36.8 Å². The Kier molecular flexibility index (Phi) is 3.97. The molecule has 5 heteroatoms. The van der Waals surface area contributed by atoms with E-state index < -0.39 is 0 Å². The maximum absolute atomic E-state index is 6.53. The number of nitrogen functional groups attached to an aromatic ring is 1. The van der Waals surface area contributed by atoms with Crippen molar-refractivity contribution in [3.63, 3.8) is 0 Å². The molecule has 0 unspecified atom stereocenters. The second-order valence-electron chi connectivity index (χ2n) is 6.09. The predicted octanol–water partition coefficient (Wildman–Crippen LogP) is 4.90. The van der Waals surface area contributed by atoms with Crippen molar-refractivity contribution < 1.29 is 9.26 Å². The van der Waals surface area contributed by atoms with Crippen molar-refractivity contribution in [3.8, 4) is 39.6 Å².